The Morgan fingerprint density at radius 1 is 1.32 bits per heavy atom. The van der Waals surface area contributed by atoms with Gasteiger partial charge in [0.25, 0.3) is 0 Å². The van der Waals surface area contributed by atoms with Gasteiger partial charge in [0.1, 0.15) is 0 Å². The predicted molar refractivity (Wildman–Crippen MR) is 87.2 cm³/mol. The van der Waals surface area contributed by atoms with E-state index in [1.165, 1.54) is 25.7 Å². The van der Waals surface area contributed by atoms with Crippen LogP contribution in [0.25, 0.3) is 0 Å². The van der Waals surface area contributed by atoms with Crippen LogP contribution in [0.4, 0.5) is 0 Å². The van der Waals surface area contributed by atoms with Crippen molar-refractivity contribution in [3.63, 3.8) is 0 Å². The zero-order valence-corrected chi connectivity index (χ0v) is 14.2. The van der Waals surface area contributed by atoms with Crippen LogP contribution in [0.3, 0.4) is 0 Å². The van der Waals surface area contributed by atoms with Crippen molar-refractivity contribution in [2.75, 3.05) is 11.9 Å². The van der Waals surface area contributed by atoms with Gasteiger partial charge in [0.05, 0.1) is 12.7 Å². The highest BCUT2D eigenvalue weighted by Crippen LogP contribution is 2.24. The number of hydrogen-bond donors (Lipinski definition) is 0. The Hall–Kier alpha value is -0.0500. The van der Waals surface area contributed by atoms with Gasteiger partial charge < -0.3 is 4.74 Å². The summed E-state index contributed by atoms with van der Waals surface area (Å²) in [4.78, 5) is 0. The first-order valence-corrected chi connectivity index (χ1v) is 8.64. The molecule has 1 aromatic carbocycles. The second-order valence-electron chi connectivity index (χ2n) is 4.95. The lowest BCUT2D eigenvalue weighted by atomic mass is 10.0. The van der Waals surface area contributed by atoms with Crippen molar-refractivity contribution in [1.29, 1.82) is 0 Å². The van der Waals surface area contributed by atoms with Crippen LogP contribution >= 0.6 is 27.5 Å². The van der Waals surface area contributed by atoms with Crippen molar-refractivity contribution in [2.45, 2.75) is 45.6 Å². The first-order chi connectivity index (χ1) is 9.21. The van der Waals surface area contributed by atoms with Gasteiger partial charge in [-0.05, 0) is 30.0 Å². The van der Waals surface area contributed by atoms with E-state index < -0.39 is 0 Å². The molecule has 1 rings (SSSR count). The molecule has 3 heteroatoms. The number of benzene rings is 1. The van der Waals surface area contributed by atoms with Gasteiger partial charge in [-0.3, -0.25) is 0 Å². The molecule has 1 nitrogen and oxygen atoms in total. The number of unbranched alkanes of at least 4 members (excludes halogenated alkanes) is 1. The molecule has 0 bridgehead atoms. The molecule has 0 heterocycles. The molecule has 2 unspecified atom stereocenters. The molecule has 0 aliphatic rings. The van der Waals surface area contributed by atoms with E-state index in [0.29, 0.717) is 5.92 Å². The van der Waals surface area contributed by atoms with Gasteiger partial charge in [-0.15, -0.1) is 0 Å². The maximum Gasteiger partial charge on any atom is 0.0922 e. The molecule has 1 aromatic rings. The standard InChI is InChI=1S/C16H24BrClO/c1-3-5-7-13(4-2)12-19-16(11-17)14-8-6-9-15(18)10-14/h6,8-10,13,16H,3-5,7,11-12H2,1-2H3. The summed E-state index contributed by atoms with van der Waals surface area (Å²) in [7, 11) is 0. The summed E-state index contributed by atoms with van der Waals surface area (Å²) in [6, 6.07) is 7.93. The summed E-state index contributed by atoms with van der Waals surface area (Å²) < 4.78 is 6.08. The number of rotatable bonds is 9. The largest absolute Gasteiger partial charge is 0.372 e. The molecule has 0 radical (unpaired) electrons. The summed E-state index contributed by atoms with van der Waals surface area (Å²) in [6.45, 7) is 5.31. The predicted octanol–water partition coefficient (Wildman–Crippen LogP) is 6.01. The summed E-state index contributed by atoms with van der Waals surface area (Å²) in [5.41, 5.74) is 1.15. The van der Waals surface area contributed by atoms with Crippen molar-refractivity contribution in [3.05, 3.63) is 34.9 Å². The van der Waals surface area contributed by atoms with Gasteiger partial charge >= 0.3 is 0 Å². The number of ether oxygens (including phenoxy) is 1. The van der Waals surface area contributed by atoms with E-state index in [4.69, 9.17) is 16.3 Å². The van der Waals surface area contributed by atoms with Crippen LogP contribution in [-0.4, -0.2) is 11.9 Å². The van der Waals surface area contributed by atoms with Gasteiger partial charge in [-0.25, -0.2) is 0 Å². The molecule has 0 spiro atoms. The molecule has 0 saturated carbocycles. The molecular weight excluding hydrogens is 324 g/mol. The molecule has 0 aliphatic heterocycles. The lowest BCUT2D eigenvalue weighted by Gasteiger charge is -2.20. The Kier molecular flexibility index (Phi) is 8.76. The molecular formula is C16H24BrClO. The average molecular weight is 348 g/mol. The molecule has 0 saturated heterocycles. The number of hydrogen-bond acceptors (Lipinski definition) is 1. The van der Waals surface area contributed by atoms with E-state index in [0.717, 1.165) is 22.5 Å². The Labute approximate surface area is 130 Å². The van der Waals surface area contributed by atoms with Crippen molar-refractivity contribution in [2.24, 2.45) is 5.92 Å². The average Bonchev–Trinajstić information content (AvgIpc) is 2.43. The van der Waals surface area contributed by atoms with E-state index in [9.17, 15) is 0 Å². The Morgan fingerprint density at radius 2 is 2.11 bits per heavy atom. The van der Waals surface area contributed by atoms with E-state index >= 15 is 0 Å². The van der Waals surface area contributed by atoms with Crippen LogP contribution in [0.1, 0.15) is 51.2 Å². The SMILES string of the molecule is CCCCC(CC)COC(CBr)c1cccc(Cl)c1. The normalized spacial score (nSPS) is 14.3. The fourth-order valence-electron chi connectivity index (χ4n) is 2.09. The molecule has 0 fully saturated rings. The van der Waals surface area contributed by atoms with Gasteiger partial charge in [0.15, 0.2) is 0 Å². The van der Waals surface area contributed by atoms with Gasteiger partial charge in [0.2, 0.25) is 0 Å². The molecule has 19 heavy (non-hydrogen) atoms. The topological polar surface area (TPSA) is 9.23 Å². The van der Waals surface area contributed by atoms with Crippen LogP contribution in [-0.2, 0) is 4.74 Å². The highest BCUT2D eigenvalue weighted by Gasteiger charge is 2.14. The summed E-state index contributed by atoms with van der Waals surface area (Å²) in [6.07, 6.45) is 5.08. The fourth-order valence-corrected chi connectivity index (χ4v) is 2.85. The number of alkyl halides is 1. The minimum atomic E-state index is 0.0920. The third-order valence-electron chi connectivity index (χ3n) is 3.44. The second kappa shape index (κ2) is 9.79. The second-order valence-corrected chi connectivity index (χ2v) is 6.03. The van der Waals surface area contributed by atoms with Crippen molar-refractivity contribution >= 4 is 27.5 Å². The van der Waals surface area contributed by atoms with Crippen LogP contribution < -0.4 is 0 Å². The van der Waals surface area contributed by atoms with Crippen molar-refractivity contribution in [3.8, 4) is 0 Å². The Balaban J connectivity index is 2.52. The minimum Gasteiger partial charge on any atom is -0.372 e. The van der Waals surface area contributed by atoms with E-state index in [1.807, 2.05) is 18.2 Å². The van der Waals surface area contributed by atoms with Gasteiger partial charge in [-0.2, -0.15) is 0 Å². The summed E-state index contributed by atoms with van der Waals surface area (Å²) >= 11 is 9.57. The summed E-state index contributed by atoms with van der Waals surface area (Å²) in [5.74, 6) is 0.667. The quantitative estimate of drug-likeness (QED) is 0.497. The maximum atomic E-state index is 6.08. The van der Waals surface area contributed by atoms with Gasteiger partial charge in [-0.1, -0.05) is 72.8 Å². The zero-order valence-electron chi connectivity index (χ0n) is 11.9. The van der Waals surface area contributed by atoms with Crippen LogP contribution in [0, 0.1) is 5.92 Å². The van der Waals surface area contributed by atoms with Crippen molar-refractivity contribution in [1.82, 2.24) is 0 Å². The highest BCUT2D eigenvalue weighted by atomic mass is 79.9. The molecule has 0 amide bonds. The highest BCUT2D eigenvalue weighted by molar-refractivity contribution is 9.09. The van der Waals surface area contributed by atoms with E-state index in [1.54, 1.807) is 0 Å². The first-order valence-electron chi connectivity index (χ1n) is 7.14. The smallest absolute Gasteiger partial charge is 0.0922 e. The monoisotopic (exact) mass is 346 g/mol. The number of halogens is 2. The van der Waals surface area contributed by atoms with Crippen LogP contribution in [0.15, 0.2) is 24.3 Å². The first kappa shape index (κ1) is 17.0. The van der Waals surface area contributed by atoms with Crippen LogP contribution in [0.5, 0.6) is 0 Å². The van der Waals surface area contributed by atoms with E-state index in [2.05, 4.69) is 35.8 Å². The maximum absolute atomic E-state index is 6.08. The molecule has 0 N–H and O–H groups in total. The van der Waals surface area contributed by atoms with E-state index in [-0.39, 0.29) is 6.10 Å². The molecule has 2 atom stereocenters. The molecule has 108 valence electrons. The molecule has 0 aromatic heterocycles. The van der Waals surface area contributed by atoms with Gasteiger partial charge in [0, 0.05) is 10.4 Å². The lowest BCUT2D eigenvalue weighted by Crippen LogP contribution is -2.14. The van der Waals surface area contributed by atoms with Crippen molar-refractivity contribution < 1.29 is 4.74 Å². The third-order valence-corrected chi connectivity index (χ3v) is 4.26. The zero-order chi connectivity index (χ0) is 14.1. The Bertz CT molecular complexity index is 356. The lowest BCUT2D eigenvalue weighted by molar-refractivity contribution is 0.0393. The summed E-state index contributed by atoms with van der Waals surface area (Å²) in [5, 5.41) is 1.57. The molecule has 0 aliphatic carbocycles. The Morgan fingerprint density at radius 3 is 2.68 bits per heavy atom. The fraction of sp³-hybridized carbons (Fsp3) is 0.625. The van der Waals surface area contributed by atoms with Crippen LogP contribution in [0.2, 0.25) is 5.02 Å². The third kappa shape index (κ3) is 6.29. The minimum absolute atomic E-state index is 0.0920.